The van der Waals surface area contributed by atoms with E-state index in [2.05, 4.69) is 11.2 Å². The van der Waals surface area contributed by atoms with Gasteiger partial charge in [0.1, 0.15) is 5.82 Å². The summed E-state index contributed by atoms with van der Waals surface area (Å²) in [5, 5.41) is 14.2. The molecule has 0 amide bonds. The zero-order valence-corrected chi connectivity index (χ0v) is 13.2. The number of rotatable bonds is 4. The van der Waals surface area contributed by atoms with Gasteiger partial charge in [-0.2, -0.15) is 5.10 Å². The fourth-order valence-electron chi connectivity index (χ4n) is 2.83. The van der Waals surface area contributed by atoms with E-state index in [4.69, 9.17) is 0 Å². The fraction of sp³-hybridized carbons (Fsp3) is 0.211. The van der Waals surface area contributed by atoms with Crippen molar-refractivity contribution in [3.63, 3.8) is 0 Å². The Labute approximate surface area is 135 Å². The van der Waals surface area contributed by atoms with E-state index >= 15 is 0 Å². The van der Waals surface area contributed by atoms with Gasteiger partial charge < -0.3 is 5.11 Å². The number of aryl methyl sites for hydroxylation is 1. The maximum Gasteiger partial charge on any atom is 0.123 e. The van der Waals surface area contributed by atoms with Crippen LogP contribution in [0.5, 0.6) is 0 Å². The molecule has 0 saturated heterocycles. The van der Waals surface area contributed by atoms with Gasteiger partial charge in [-0.05, 0) is 47.4 Å². The summed E-state index contributed by atoms with van der Waals surface area (Å²) < 4.78 is 15.4. The highest BCUT2D eigenvalue weighted by Gasteiger charge is 2.14. The molecule has 1 atom stereocenters. The van der Waals surface area contributed by atoms with Gasteiger partial charge in [0.15, 0.2) is 0 Å². The van der Waals surface area contributed by atoms with Crippen LogP contribution in [0.3, 0.4) is 0 Å². The van der Waals surface area contributed by atoms with Crippen LogP contribution >= 0.6 is 0 Å². The quantitative estimate of drug-likeness (QED) is 0.794. The first-order valence-electron chi connectivity index (χ1n) is 7.59. The van der Waals surface area contributed by atoms with Crippen molar-refractivity contribution >= 4 is 0 Å². The summed E-state index contributed by atoms with van der Waals surface area (Å²) in [6.45, 7) is 1.65. The molecule has 1 N–H and O–H groups in total. The van der Waals surface area contributed by atoms with Crippen molar-refractivity contribution in [1.29, 1.82) is 0 Å². The van der Waals surface area contributed by atoms with Gasteiger partial charge >= 0.3 is 0 Å². The van der Waals surface area contributed by atoms with Gasteiger partial charge in [-0.25, -0.2) is 4.39 Å². The van der Waals surface area contributed by atoms with Crippen LogP contribution in [0, 0.1) is 5.82 Å². The van der Waals surface area contributed by atoms with Gasteiger partial charge in [-0.15, -0.1) is 0 Å². The van der Waals surface area contributed by atoms with E-state index in [1.165, 1.54) is 12.1 Å². The van der Waals surface area contributed by atoms with Gasteiger partial charge in [0.25, 0.3) is 0 Å². The van der Waals surface area contributed by atoms with Crippen molar-refractivity contribution in [3.05, 3.63) is 77.4 Å². The molecule has 3 nitrogen and oxygen atoms in total. The Morgan fingerprint density at radius 3 is 2.61 bits per heavy atom. The molecule has 3 aromatic rings. The minimum atomic E-state index is -0.731. The molecule has 1 aromatic heterocycles. The number of nitrogens with zero attached hydrogens (tertiary/aromatic N) is 2. The Morgan fingerprint density at radius 1 is 1.13 bits per heavy atom. The number of halogens is 1. The summed E-state index contributed by atoms with van der Waals surface area (Å²) in [5.41, 5.74) is 4.67. The SMILES string of the molecule is CC(O)c1cc(F)ccc1-c1ccccc1Cc1ccnn1C. The molecular formula is C19H19FN2O. The maximum atomic E-state index is 13.6. The Bertz CT molecular complexity index is 824. The van der Waals surface area contributed by atoms with Crippen LogP contribution < -0.4 is 0 Å². The molecule has 118 valence electrons. The minimum absolute atomic E-state index is 0.339. The first kappa shape index (κ1) is 15.4. The predicted molar refractivity (Wildman–Crippen MR) is 88.5 cm³/mol. The molecule has 1 unspecified atom stereocenters. The summed E-state index contributed by atoms with van der Waals surface area (Å²) in [5.74, 6) is -0.339. The minimum Gasteiger partial charge on any atom is -0.389 e. The highest BCUT2D eigenvalue weighted by atomic mass is 19.1. The molecule has 23 heavy (non-hydrogen) atoms. The van der Waals surface area contributed by atoms with Crippen LogP contribution in [0.4, 0.5) is 4.39 Å². The van der Waals surface area contributed by atoms with E-state index in [0.717, 1.165) is 28.8 Å². The first-order valence-corrected chi connectivity index (χ1v) is 7.59. The summed E-state index contributed by atoms with van der Waals surface area (Å²) >= 11 is 0. The molecule has 2 aromatic carbocycles. The Balaban J connectivity index is 2.09. The van der Waals surface area contributed by atoms with Crippen molar-refractivity contribution in [2.75, 3.05) is 0 Å². The van der Waals surface area contributed by atoms with Crippen LogP contribution in [-0.4, -0.2) is 14.9 Å². The molecule has 0 fully saturated rings. The monoisotopic (exact) mass is 310 g/mol. The Hall–Kier alpha value is -2.46. The van der Waals surface area contributed by atoms with E-state index in [0.29, 0.717) is 5.56 Å². The molecule has 0 aliphatic rings. The number of hydrogen-bond acceptors (Lipinski definition) is 2. The topological polar surface area (TPSA) is 38.1 Å². The van der Waals surface area contributed by atoms with Crippen molar-refractivity contribution in [3.8, 4) is 11.1 Å². The highest BCUT2D eigenvalue weighted by molar-refractivity contribution is 5.71. The average Bonchev–Trinajstić information content (AvgIpc) is 2.93. The smallest absolute Gasteiger partial charge is 0.123 e. The molecule has 4 heteroatoms. The predicted octanol–water partition coefficient (Wildman–Crippen LogP) is 3.87. The van der Waals surface area contributed by atoms with E-state index < -0.39 is 6.10 Å². The van der Waals surface area contributed by atoms with Gasteiger partial charge in [-0.3, -0.25) is 4.68 Å². The van der Waals surface area contributed by atoms with Gasteiger partial charge in [0.05, 0.1) is 6.10 Å². The lowest BCUT2D eigenvalue weighted by Gasteiger charge is -2.16. The summed E-state index contributed by atoms with van der Waals surface area (Å²) in [6, 6.07) is 14.6. The van der Waals surface area contributed by atoms with Gasteiger partial charge in [0, 0.05) is 25.4 Å². The maximum absolute atomic E-state index is 13.6. The lowest BCUT2D eigenvalue weighted by Crippen LogP contribution is -2.02. The number of aliphatic hydroxyl groups excluding tert-OH is 1. The molecule has 0 spiro atoms. The van der Waals surface area contributed by atoms with E-state index in [-0.39, 0.29) is 5.82 Å². The highest BCUT2D eigenvalue weighted by Crippen LogP contribution is 2.32. The molecule has 0 bridgehead atoms. The van der Waals surface area contributed by atoms with Gasteiger partial charge in [0.2, 0.25) is 0 Å². The van der Waals surface area contributed by atoms with Crippen molar-refractivity contribution in [1.82, 2.24) is 9.78 Å². The van der Waals surface area contributed by atoms with Crippen LogP contribution in [-0.2, 0) is 13.5 Å². The third kappa shape index (κ3) is 3.17. The van der Waals surface area contributed by atoms with E-state index in [1.54, 1.807) is 19.2 Å². The first-order chi connectivity index (χ1) is 11.1. The third-order valence-electron chi connectivity index (χ3n) is 4.07. The van der Waals surface area contributed by atoms with Crippen molar-refractivity contribution in [2.24, 2.45) is 7.05 Å². The van der Waals surface area contributed by atoms with Crippen LogP contribution in [0.2, 0.25) is 0 Å². The molecule has 0 radical (unpaired) electrons. The normalized spacial score (nSPS) is 12.3. The summed E-state index contributed by atoms with van der Waals surface area (Å²) in [7, 11) is 1.91. The average molecular weight is 310 g/mol. The lowest BCUT2D eigenvalue weighted by molar-refractivity contribution is 0.199. The van der Waals surface area contributed by atoms with Gasteiger partial charge in [-0.1, -0.05) is 30.3 Å². The van der Waals surface area contributed by atoms with Crippen molar-refractivity contribution in [2.45, 2.75) is 19.4 Å². The number of aliphatic hydroxyl groups is 1. The van der Waals surface area contributed by atoms with E-state index in [9.17, 15) is 9.50 Å². The molecule has 3 rings (SSSR count). The molecule has 0 saturated carbocycles. The third-order valence-corrected chi connectivity index (χ3v) is 4.07. The zero-order chi connectivity index (χ0) is 16.4. The second-order valence-corrected chi connectivity index (χ2v) is 5.69. The van der Waals surface area contributed by atoms with E-state index in [1.807, 2.05) is 36.0 Å². The molecule has 1 heterocycles. The second-order valence-electron chi connectivity index (χ2n) is 5.69. The standard InChI is InChI=1S/C19H19FN2O/c1-13(23)19-12-15(20)7-8-18(19)17-6-4-3-5-14(17)11-16-9-10-21-22(16)2/h3-10,12-13,23H,11H2,1-2H3. The fourth-order valence-corrected chi connectivity index (χ4v) is 2.83. The lowest BCUT2D eigenvalue weighted by atomic mass is 9.91. The zero-order valence-electron chi connectivity index (χ0n) is 13.2. The van der Waals surface area contributed by atoms with Crippen LogP contribution in [0.25, 0.3) is 11.1 Å². The largest absolute Gasteiger partial charge is 0.389 e. The van der Waals surface area contributed by atoms with Crippen LogP contribution in [0.15, 0.2) is 54.7 Å². The molecular weight excluding hydrogens is 291 g/mol. The number of hydrogen-bond donors (Lipinski definition) is 1. The number of aromatic nitrogens is 2. The second kappa shape index (κ2) is 6.34. The van der Waals surface area contributed by atoms with Crippen LogP contribution in [0.1, 0.15) is 29.8 Å². The number of benzene rings is 2. The molecule has 0 aliphatic heterocycles. The molecule has 0 aliphatic carbocycles. The summed E-state index contributed by atoms with van der Waals surface area (Å²) in [4.78, 5) is 0. The summed E-state index contributed by atoms with van der Waals surface area (Å²) in [6.07, 6.45) is 1.77. The van der Waals surface area contributed by atoms with Crippen molar-refractivity contribution < 1.29 is 9.50 Å². The Morgan fingerprint density at radius 2 is 1.91 bits per heavy atom. The Kier molecular flexibility index (Phi) is 4.26.